The van der Waals surface area contributed by atoms with Gasteiger partial charge in [0.1, 0.15) is 12.1 Å². The molecule has 3 aliphatic heterocycles. The molecule has 0 saturated carbocycles. The van der Waals surface area contributed by atoms with E-state index >= 15 is 0 Å². The Morgan fingerprint density at radius 2 is 1.79 bits per heavy atom. The molecule has 236 valence electrons. The summed E-state index contributed by atoms with van der Waals surface area (Å²) in [4.78, 5) is 47.2. The molecular weight excluding hydrogens is 540 g/mol. The lowest BCUT2D eigenvalue weighted by molar-refractivity contribution is -0.145. The van der Waals surface area contributed by atoms with Crippen molar-refractivity contribution >= 4 is 17.7 Å². The maximum absolute atomic E-state index is 13.9. The van der Waals surface area contributed by atoms with Crippen LogP contribution in [-0.2, 0) is 14.3 Å². The van der Waals surface area contributed by atoms with E-state index in [9.17, 15) is 14.4 Å². The van der Waals surface area contributed by atoms with Crippen LogP contribution in [0.25, 0.3) is 0 Å². The van der Waals surface area contributed by atoms with E-state index in [0.29, 0.717) is 44.6 Å². The zero-order valence-corrected chi connectivity index (χ0v) is 26.6. The molecule has 0 aromatic heterocycles. The van der Waals surface area contributed by atoms with Crippen molar-refractivity contribution in [2.75, 3.05) is 45.9 Å². The first-order valence-electron chi connectivity index (χ1n) is 16.7. The number of nitrogens with one attached hydrogen (secondary N) is 1. The fourth-order valence-electron chi connectivity index (χ4n) is 7.77. The van der Waals surface area contributed by atoms with E-state index in [0.717, 1.165) is 51.7 Å². The average Bonchev–Trinajstić information content (AvgIpc) is 3.69. The van der Waals surface area contributed by atoms with Gasteiger partial charge in [0.15, 0.2) is 0 Å². The number of rotatable bonds is 5. The van der Waals surface area contributed by atoms with Crippen LogP contribution in [-0.4, -0.2) is 96.5 Å². The molecule has 43 heavy (non-hydrogen) atoms. The highest BCUT2D eigenvalue weighted by molar-refractivity contribution is 5.95. The predicted molar refractivity (Wildman–Crippen MR) is 169 cm³/mol. The number of fused-ring (bicyclic) bond motifs is 2. The number of hydrogen-bond donors (Lipinski definition) is 1. The Labute approximate surface area is 258 Å². The molecule has 8 nitrogen and oxygen atoms in total. The normalized spacial score (nSPS) is 27.6. The van der Waals surface area contributed by atoms with Gasteiger partial charge >= 0.3 is 0 Å². The summed E-state index contributed by atoms with van der Waals surface area (Å²) in [6.07, 6.45) is 9.10. The Kier molecular flexibility index (Phi) is 10.6. The van der Waals surface area contributed by atoms with Crippen LogP contribution in [0.1, 0.15) is 95.3 Å². The molecule has 5 rings (SSSR count). The molecule has 0 spiro atoms. The summed E-state index contributed by atoms with van der Waals surface area (Å²) < 4.78 is 5.73. The summed E-state index contributed by atoms with van der Waals surface area (Å²) in [6.45, 7) is 12.2. The van der Waals surface area contributed by atoms with Crippen LogP contribution < -0.4 is 5.32 Å². The lowest BCUT2D eigenvalue weighted by atomic mass is 9.71. The Morgan fingerprint density at radius 3 is 2.53 bits per heavy atom. The Hall–Kier alpha value is -2.71. The number of ether oxygens (including phenoxy) is 1. The van der Waals surface area contributed by atoms with Crippen LogP contribution in [0, 0.1) is 5.41 Å². The predicted octanol–water partition coefficient (Wildman–Crippen LogP) is 4.80. The number of allylic oxidation sites excluding steroid dienone is 1. The molecule has 1 aliphatic carbocycles. The number of nitrogens with zero attached hydrogens (tertiary/aromatic N) is 3. The molecule has 3 fully saturated rings. The van der Waals surface area contributed by atoms with Crippen molar-refractivity contribution in [1.29, 1.82) is 0 Å². The molecule has 3 atom stereocenters. The summed E-state index contributed by atoms with van der Waals surface area (Å²) in [6, 6.07) is 8.61. The first-order chi connectivity index (χ1) is 20.7. The van der Waals surface area contributed by atoms with Crippen LogP contribution in [0.3, 0.4) is 0 Å². The first-order valence-corrected chi connectivity index (χ1v) is 16.7. The van der Waals surface area contributed by atoms with E-state index in [1.165, 1.54) is 19.3 Å². The fraction of sp³-hybridized carbons (Fsp3) is 0.686. The second-order valence-electron chi connectivity index (χ2n) is 13.7. The number of amides is 3. The third kappa shape index (κ3) is 7.69. The number of benzene rings is 1. The highest BCUT2D eigenvalue weighted by Crippen LogP contribution is 2.41. The highest BCUT2D eigenvalue weighted by Gasteiger charge is 2.45. The van der Waals surface area contributed by atoms with Crippen molar-refractivity contribution in [3.8, 4) is 0 Å². The van der Waals surface area contributed by atoms with Crippen molar-refractivity contribution in [1.82, 2.24) is 20.0 Å². The van der Waals surface area contributed by atoms with Crippen molar-refractivity contribution < 1.29 is 19.1 Å². The highest BCUT2D eigenvalue weighted by atomic mass is 16.5. The number of carbonyl (C=O) groups is 3. The summed E-state index contributed by atoms with van der Waals surface area (Å²) >= 11 is 0. The minimum absolute atomic E-state index is 0.0282. The maximum atomic E-state index is 13.9. The van der Waals surface area contributed by atoms with Crippen LogP contribution >= 0.6 is 0 Å². The van der Waals surface area contributed by atoms with Gasteiger partial charge in [-0.2, -0.15) is 0 Å². The molecule has 0 unspecified atom stereocenters. The van der Waals surface area contributed by atoms with Crippen LogP contribution in [0.2, 0.25) is 0 Å². The third-order valence-corrected chi connectivity index (χ3v) is 10.2. The number of hydrogen-bond acceptors (Lipinski definition) is 5. The van der Waals surface area contributed by atoms with E-state index in [2.05, 4.69) is 31.0 Å². The van der Waals surface area contributed by atoms with Gasteiger partial charge in [-0.15, -0.1) is 0 Å². The standard InChI is InChI=1S/C35H52N4O4/c1-26-12-9-17-35(2,3)29(26)16-22-37-19-8-7-18-36-32(40)30-24-28(25-39(30)34(42)31-15-10-23-43-31)38(21-11-20-37)33(41)27-13-5-4-6-14-27/h4-6,13-14,28,30-31H,7-12,15-25H2,1-3H3,(H,36,40)/t28-,30-,31+/m0/s1. The molecule has 8 heteroatoms. The molecule has 3 heterocycles. The average molecular weight is 593 g/mol. The number of likely N-dealkylation sites (tertiary alicyclic amines) is 1. The van der Waals surface area contributed by atoms with E-state index in [1.807, 2.05) is 35.2 Å². The van der Waals surface area contributed by atoms with Gasteiger partial charge in [0.2, 0.25) is 5.91 Å². The molecule has 3 saturated heterocycles. The van der Waals surface area contributed by atoms with E-state index < -0.39 is 12.1 Å². The van der Waals surface area contributed by atoms with Gasteiger partial charge in [0.05, 0.1) is 6.04 Å². The maximum Gasteiger partial charge on any atom is 0.254 e. The summed E-state index contributed by atoms with van der Waals surface area (Å²) in [5.41, 5.74) is 4.10. The molecule has 3 amide bonds. The zero-order chi connectivity index (χ0) is 30.4. The second-order valence-corrected chi connectivity index (χ2v) is 13.7. The Morgan fingerprint density at radius 1 is 1.00 bits per heavy atom. The molecule has 0 radical (unpaired) electrons. The fourth-order valence-corrected chi connectivity index (χ4v) is 7.77. The lowest BCUT2D eigenvalue weighted by Crippen LogP contribution is -2.49. The Balaban J connectivity index is 1.34. The molecular formula is C35H52N4O4. The van der Waals surface area contributed by atoms with Gasteiger partial charge in [-0.3, -0.25) is 14.4 Å². The minimum Gasteiger partial charge on any atom is -0.368 e. The van der Waals surface area contributed by atoms with Gasteiger partial charge in [-0.05, 0) is 102 Å². The first kappa shape index (κ1) is 31.7. The quantitative estimate of drug-likeness (QED) is 0.497. The van der Waals surface area contributed by atoms with Crippen LogP contribution in [0.4, 0.5) is 0 Å². The van der Waals surface area contributed by atoms with E-state index in [1.54, 1.807) is 16.0 Å². The monoisotopic (exact) mass is 592 g/mol. The van der Waals surface area contributed by atoms with Gasteiger partial charge in [-0.1, -0.05) is 43.2 Å². The minimum atomic E-state index is -0.581. The molecule has 1 aromatic rings. The lowest BCUT2D eigenvalue weighted by Gasteiger charge is -2.36. The van der Waals surface area contributed by atoms with E-state index in [-0.39, 0.29) is 29.2 Å². The van der Waals surface area contributed by atoms with Crippen molar-refractivity contribution in [2.24, 2.45) is 5.41 Å². The van der Waals surface area contributed by atoms with Crippen LogP contribution in [0.15, 0.2) is 41.5 Å². The summed E-state index contributed by atoms with van der Waals surface area (Å²) in [7, 11) is 0. The summed E-state index contributed by atoms with van der Waals surface area (Å²) in [5, 5.41) is 3.13. The molecule has 1 N–H and O–H groups in total. The van der Waals surface area contributed by atoms with Gasteiger partial charge in [-0.25, -0.2) is 0 Å². The van der Waals surface area contributed by atoms with Crippen molar-refractivity contribution in [3.05, 3.63) is 47.0 Å². The summed E-state index contributed by atoms with van der Waals surface area (Å²) in [5.74, 6) is -0.255. The van der Waals surface area contributed by atoms with Gasteiger partial charge < -0.3 is 24.8 Å². The third-order valence-electron chi connectivity index (χ3n) is 10.2. The van der Waals surface area contributed by atoms with Gasteiger partial charge in [0.25, 0.3) is 11.8 Å². The topological polar surface area (TPSA) is 82.2 Å². The SMILES string of the molecule is CC1=C(CCN2CCCCNC(=O)[C@@H]3C[C@@H](CN3C(=O)[C@H]3CCCO3)N(C(=O)c3ccccc3)CCC2)C(C)(C)CCC1. The molecule has 2 bridgehead atoms. The molecule has 4 aliphatic rings. The van der Waals surface area contributed by atoms with Gasteiger partial charge in [0, 0.05) is 38.3 Å². The molecule has 1 aromatic carbocycles. The van der Waals surface area contributed by atoms with Crippen LogP contribution in [0.5, 0.6) is 0 Å². The number of carbonyl (C=O) groups excluding carboxylic acids is 3. The zero-order valence-electron chi connectivity index (χ0n) is 26.6. The van der Waals surface area contributed by atoms with Crippen molar-refractivity contribution in [3.63, 3.8) is 0 Å². The largest absolute Gasteiger partial charge is 0.368 e. The second kappa shape index (κ2) is 14.4. The smallest absolute Gasteiger partial charge is 0.254 e. The van der Waals surface area contributed by atoms with Crippen molar-refractivity contribution in [2.45, 2.75) is 103 Å². The Bertz CT molecular complexity index is 1160. The van der Waals surface area contributed by atoms with E-state index in [4.69, 9.17) is 4.74 Å².